The molecule has 0 unspecified atom stereocenters. The van der Waals surface area contributed by atoms with Gasteiger partial charge >= 0.3 is 0 Å². The van der Waals surface area contributed by atoms with Gasteiger partial charge in [0.2, 0.25) is 11.7 Å². The lowest BCUT2D eigenvalue weighted by atomic mass is 10.1. The molecule has 1 fully saturated rings. The van der Waals surface area contributed by atoms with Crippen LogP contribution in [0.2, 0.25) is 5.02 Å². The number of piperidine rings is 1. The third kappa shape index (κ3) is 3.14. The number of rotatable bonds is 3. The third-order valence-corrected chi connectivity index (χ3v) is 3.59. The molecule has 19 heavy (non-hydrogen) atoms. The highest BCUT2D eigenvalue weighted by molar-refractivity contribution is 6.30. The quantitative estimate of drug-likeness (QED) is 0.863. The van der Waals surface area contributed by atoms with Gasteiger partial charge in [0.1, 0.15) is 0 Å². The first kappa shape index (κ1) is 12.6. The number of halogens is 1. The van der Waals surface area contributed by atoms with E-state index in [0.29, 0.717) is 16.7 Å². The van der Waals surface area contributed by atoms with Crippen LogP contribution in [0.3, 0.4) is 0 Å². The first-order chi connectivity index (χ1) is 9.31. The van der Waals surface area contributed by atoms with Gasteiger partial charge in [0.25, 0.3) is 0 Å². The van der Waals surface area contributed by atoms with E-state index in [2.05, 4.69) is 15.0 Å². The van der Waals surface area contributed by atoms with Crippen LogP contribution < -0.4 is 0 Å². The number of hydrogen-bond donors (Lipinski definition) is 0. The van der Waals surface area contributed by atoms with Crippen molar-refractivity contribution in [2.24, 2.45) is 0 Å². The molecule has 0 bridgehead atoms. The molecule has 0 aliphatic carbocycles. The van der Waals surface area contributed by atoms with Gasteiger partial charge in [-0.05, 0) is 38.1 Å². The zero-order valence-corrected chi connectivity index (χ0v) is 11.4. The fourth-order valence-corrected chi connectivity index (χ4v) is 2.56. The van der Waals surface area contributed by atoms with Crippen molar-refractivity contribution in [1.29, 1.82) is 0 Å². The molecule has 2 aromatic rings. The summed E-state index contributed by atoms with van der Waals surface area (Å²) < 4.78 is 5.32. The minimum absolute atomic E-state index is 0.606. The molecule has 5 heteroatoms. The highest BCUT2D eigenvalue weighted by Crippen LogP contribution is 2.20. The van der Waals surface area contributed by atoms with E-state index in [4.69, 9.17) is 16.1 Å². The summed E-state index contributed by atoms with van der Waals surface area (Å²) in [4.78, 5) is 6.80. The lowest BCUT2D eigenvalue weighted by molar-refractivity contribution is 0.193. The van der Waals surface area contributed by atoms with Gasteiger partial charge in [-0.25, -0.2) is 0 Å². The zero-order chi connectivity index (χ0) is 13.1. The summed E-state index contributed by atoms with van der Waals surface area (Å²) >= 11 is 5.96. The van der Waals surface area contributed by atoms with Gasteiger partial charge in [-0.3, -0.25) is 4.90 Å². The number of nitrogens with zero attached hydrogens (tertiary/aromatic N) is 3. The maximum atomic E-state index is 5.96. The topological polar surface area (TPSA) is 42.2 Å². The van der Waals surface area contributed by atoms with Crippen LogP contribution in [-0.2, 0) is 6.54 Å². The summed E-state index contributed by atoms with van der Waals surface area (Å²) in [6.45, 7) is 2.98. The Morgan fingerprint density at radius 2 is 2.05 bits per heavy atom. The van der Waals surface area contributed by atoms with Gasteiger partial charge in [-0.15, -0.1) is 0 Å². The lowest BCUT2D eigenvalue weighted by Crippen LogP contribution is -2.29. The van der Waals surface area contributed by atoms with E-state index in [1.54, 1.807) is 0 Å². The van der Waals surface area contributed by atoms with E-state index in [1.807, 2.05) is 24.3 Å². The van der Waals surface area contributed by atoms with Crippen LogP contribution in [0.4, 0.5) is 0 Å². The fourth-order valence-electron chi connectivity index (χ4n) is 2.37. The lowest BCUT2D eigenvalue weighted by Gasteiger charge is -2.24. The molecule has 1 aliphatic heterocycles. The van der Waals surface area contributed by atoms with Gasteiger partial charge in [-0.2, -0.15) is 4.98 Å². The van der Waals surface area contributed by atoms with Crippen LogP contribution >= 0.6 is 11.6 Å². The second kappa shape index (κ2) is 5.72. The number of aromatic nitrogens is 2. The molecule has 4 nitrogen and oxygen atoms in total. The average Bonchev–Trinajstić information content (AvgIpc) is 2.88. The molecule has 0 radical (unpaired) electrons. The SMILES string of the molecule is Clc1cccc(-c2noc(CN3CCCCC3)n2)c1. The molecule has 0 atom stereocenters. The third-order valence-electron chi connectivity index (χ3n) is 3.36. The monoisotopic (exact) mass is 277 g/mol. The van der Waals surface area contributed by atoms with Crippen molar-refractivity contribution >= 4 is 11.6 Å². The molecule has 0 saturated carbocycles. The van der Waals surface area contributed by atoms with Gasteiger partial charge in [0, 0.05) is 10.6 Å². The van der Waals surface area contributed by atoms with Crippen LogP contribution in [-0.4, -0.2) is 28.1 Å². The Hall–Kier alpha value is -1.39. The van der Waals surface area contributed by atoms with Crippen molar-refractivity contribution in [2.45, 2.75) is 25.8 Å². The van der Waals surface area contributed by atoms with E-state index >= 15 is 0 Å². The molecule has 1 aromatic heterocycles. The molecular weight excluding hydrogens is 262 g/mol. The van der Waals surface area contributed by atoms with Crippen LogP contribution in [0.1, 0.15) is 25.2 Å². The summed E-state index contributed by atoms with van der Waals surface area (Å²) in [5.74, 6) is 1.28. The fraction of sp³-hybridized carbons (Fsp3) is 0.429. The second-order valence-electron chi connectivity index (χ2n) is 4.86. The molecule has 1 saturated heterocycles. The largest absolute Gasteiger partial charge is 0.338 e. The van der Waals surface area contributed by atoms with Gasteiger partial charge < -0.3 is 4.52 Å². The van der Waals surface area contributed by atoms with E-state index in [0.717, 1.165) is 25.2 Å². The summed E-state index contributed by atoms with van der Waals surface area (Å²) in [6.07, 6.45) is 3.85. The molecule has 1 aromatic carbocycles. The molecule has 3 rings (SSSR count). The van der Waals surface area contributed by atoms with Crippen molar-refractivity contribution in [1.82, 2.24) is 15.0 Å². The first-order valence-electron chi connectivity index (χ1n) is 6.62. The minimum Gasteiger partial charge on any atom is -0.338 e. The normalized spacial score (nSPS) is 16.7. The van der Waals surface area contributed by atoms with Crippen LogP contribution in [0.5, 0.6) is 0 Å². The molecule has 100 valence electrons. The maximum absolute atomic E-state index is 5.96. The Bertz CT molecular complexity index is 549. The van der Waals surface area contributed by atoms with Gasteiger partial charge in [-0.1, -0.05) is 35.3 Å². The zero-order valence-electron chi connectivity index (χ0n) is 10.7. The number of likely N-dealkylation sites (tertiary alicyclic amines) is 1. The van der Waals surface area contributed by atoms with Gasteiger partial charge in [0.05, 0.1) is 6.54 Å². The van der Waals surface area contributed by atoms with Gasteiger partial charge in [0.15, 0.2) is 0 Å². The van der Waals surface area contributed by atoms with Crippen LogP contribution in [0, 0.1) is 0 Å². The second-order valence-corrected chi connectivity index (χ2v) is 5.30. The smallest absolute Gasteiger partial charge is 0.241 e. The minimum atomic E-state index is 0.606. The van der Waals surface area contributed by atoms with Crippen molar-refractivity contribution in [3.05, 3.63) is 35.2 Å². The predicted molar refractivity (Wildman–Crippen MR) is 73.9 cm³/mol. The maximum Gasteiger partial charge on any atom is 0.241 e. The predicted octanol–water partition coefficient (Wildman–Crippen LogP) is 3.38. The Morgan fingerprint density at radius 1 is 1.21 bits per heavy atom. The Balaban J connectivity index is 1.72. The molecule has 0 N–H and O–H groups in total. The van der Waals surface area contributed by atoms with E-state index in [9.17, 15) is 0 Å². The van der Waals surface area contributed by atoms with E-state index in [-0.39, 0.29) is 0 Å². The Kier molecular flexibility index (Phi) is 3.80. The number of hydrogen-bond acceptors (Lipinski definition) is 4. The van der Waals surface area contributed by atoms with Crippen LogP contribution in [0.15, 0.2) is 28.8 Å². The van der Waals surface area contributed by atoms with Crippen molar-refractivity contribution < 1.29 is 4.52 Å². The van der Waals surface area contributed by atoms with Crippen molar-refractivity contribution in [3.8, 4) is 11.4 Å². The molecule has 0 amide bonds. The van der Waals surface area contributed by atoms with Crippen LogP contribution in [0.25, 0.3) is 11.4 Å². The summed E-state index contributed by atoms with van der Waals surface area (Å²) in [6, 6.07) is 7.50. The van der Waals surface area contributed by atoms with Crippen molar-refractivity contribution in [3.63, 3.8) is 0 Å². The van der Waals surface area contributed by atoms with E-state index in [1.165, 1.54) is 19.3 Å². The molecule has 0 spiro atoms. The summed E-state index contributed by atoms with van der Waals surface area (Å²) in [7, 11) is 0. The molecule has 2 heterocycles. The first-order valence-corrected chi connectivity index (χ1v) is 7.00. The highest BCUT2D eigenvalue weighted by atomic mass is 35.5. The summed E-state index contributed by atoms with van der Waals surface area (Å²) in [5, 5.41) is 4.70. The number of benzene rings is 1. The average molecular weight is 278 g/mol. The Labute approximate surface area is 117 Å². The van der Waals surface area contributed by atoms with Crippen molar-refractivity contribution in [2.75, 3.05) is 13.1 Å². The molecule has 1 aliphatic rings. The van der Waals surface area contributed by atoms with E-state index < -0.39 is 0 Å². The summed E-state index contributed by atoms with van der Waals surface area (Å²) in [5.41, 5.74) is 0.890. The molecular formula is C14H16ClN3O. The standard InChI is InChI=1S/C14H16ClN3O/c15-12-6-4-5-11(9-12)14-16-13(19-17-14)10-18-7-2-1-3-8-18/h4-6,9H,1-3,7-8,10H2. The Morgan fingerprint density at radius 3 is 2.84 bits per heavy atom. The highest BCUT2D eigenvalue weighted by Gasteiger charge is 2.15.